The first-order valence-electron chi connectivity index (χ1n) is 6.29. The Morgan fingerprint density at radius 2 is 1.86 bits per heavy atom. The number of ether oxygens (including phenoxy) is 2. The maximum Gasteiger partial charge on any atom is 0.162 e. The van der Waals surface area contributed by atoms with Gasteiger partial charge in [-0.3, -0.25) is 0 Å². The number of hydrogen-bond acceptors (Lipinski definition) is 3. The Kier molecular flexibility index (Phi) is 4.06. The van der Waals surface area contributed by atoms with Crippen molar-refractivity contribution in [1.82, 2.24) is 0 Å². The van der Waals surface area contributed by atoms with E-state index < -0.39 is 11.9 Å². The van der Waals surface area contributed by atoms with Crippen LogP contribution < -0.4 is 9.47 Å². The van der Waals surface area contributed by atoms with E-state index in [2.05, 4.69) is 15.9 Å². The van der Waals surface area contributed by atoms with Crippen molar-refractivity contribution >= 4 is 27.5 Å². The van der Waals surface area contributed by atoms with Crippen LogP contribution in [0.15, 0.2) is 34.8 Å². The summed E-state index contributed by atoms with van der Waals surface area (Å²) in [6.45, 7) is 0.873. The molecular formula is C15H11BrClFO3. The average molecular weight is 374 g/mol. The fraction of sp³-hybridized carbons (Fsp3) is 0.200. The molecule has 1 N–H and O–H groups in total. The van der Waals surface area contributed by atoms with Crippen LogP contribution in [0.2, 0.25) is 5.02 Å². The lowest BCUT2D eigenvalue weighted by Crippen LogP contribution is -2.16. The number of fused-ring (bicyclic) bond motifs is 1. The summed E-state index contributed by atoms with van der Waals surface area (Å²) in [6.07, 6.45) is -1.20. The predicted molar refractivity (Wildman–Crippen MR) is 80.6 cm³/mol. The number of benzene rings is 2. The van der Waals surface area contributed by atoms with Gasteiger partial charge in [-0.2, -0.15) is 0 Å². The van der Waals surface area contributed by atoms with Crippen LogP contribution in [0, 0.1) is 5.82 Å². The maximum absolute atomic E-state index is 14.0. The molecule has 6 heteroatoms. The van der Waals surface area contributed by atoms with E-state index >= 15 is 0 Å². The summed E-state index contributed by atoms with van der Waals surface area (Å²) < 4.78 is 25.3. The summed E-state index contributed by atoms with van der Waals surface area (Å²) in [4.78, 5) is 0. The van der Waals surface area contributed by atoms with Gasteiger partial charge in [0.05, 0.1) is 5.02 Å². The van der Waals surface area contributed by atoms with E-state index in [0.717, 1.165) is 0 Å². The van der Waals surface area contributed by atoms with Crippen LogP contribution in [0.5, 0.6) is 11.5 Å². The molecule has 1 aliphatic rings. The van der Waals surface area contributed by atoms with Crippen molar-refractivity contribution in [3.05, 3.63) is 56.8 Å². The van der Waals surface area contributed by atoms with Crippen molar-refractivity contribution in [2.24, 2.45) is 0 Å². The van der Waals surface area contributed by atoms with Crippen LogP contribution in [0.1, 0.15) is 17.2 Å². The molecule has 0 amide bonds. The third kappa shape index (κ3) is 2.73. The fourth-order valence-electron chi connectivity index (χ4n) is 2.22. The molecule has 0 saturated carbocycles. The molecule has 0 fully saturated rings. The Labute approximate surface area is 134 Å². The lowest BCUT2D eigenvalue weighted by Gasteiger charge is -2.22. The van der Waals surface area contributed by atoms with Crippen molar-refractivity contribution in [2.45, 2.75) is 6.10 Å². The molecule has 1 unspecified atom stereocenters. The van der Waals surface area contributed by atoms with Crippen molar-refractivity contribution in [1.29, 1.82) is 0 Å². The molecule has 1 aliphatic heterocycles. The van der Waals surface area contributed by atoms with Crippen LogP contribution in [-0.2, 0) is 0 Å². The first-order chi connectivity index (χ1) is 10.1. The van der Waals surface area contributed by atoms with Crippen LogP contribution in [0.4, 0.5) is 4.39 Å². The number of hydrogen-bond donors (Lipinski definition) is 1. The third-order valence-electron chi connectivity index (χ3n) is 3.23. The molecule has 21 heavy (non-hydrogen) atoms. The highest BCUT2D eigenvalue weighted by Crippen LogP contribution is 2.41. The van der Waals surface area contributed by atoms with Crippen molar-refractivity contribution < 1.29 is 19.0 Å². The van der Waals surface area contributed by atoms with E-state index in [-0.39, 0.29) is 5.56 Å². The maximum atomic E-state index is 14.0. The molecule has 0 radical (unpaired) electrons. The molecule has 2 aromatic carbocycles. The van der Waals surface area contributed by atoms with Crippen LogP contribution in [0.25, 0.3) is 0 Å². The zero-order valence-electron chi connectivity index (χ0n) is 10.8. The van der Waals surface area contributed by atoms with E-state index in [1.807, 2.05) is 0 Å². The largest absolute Gasteiger partial charge is 0.486 e. The van der Waals surface area contributed by atoms with Gasteiger partial charge in [-0.1, -0.05) is 33.6 Å². The summed E-state index contributed by atoms with van der Waals surface area (Å²) in [5.41, 5.74) is 0.503. The summed E-state index contributed by atoms with van der Waals surface area (Å²) in [7, 11) is 0. The Bertz CT molecular complexity index is 673. The van der Waals surface area contributed by atoms with Gasteiger partial charge in [0.2, 0.25) is 0 Å². The highest BCUT2D eigenvalue weighted by atomic mass is 79.9. The van der Waals surface area contributed by atoms with Gasteiger partial charge < -0.3 is 14.6 Å². The number of rotatable bonds is 2. The molecule has 0 bridgehead atoms. The highest BCUT2D eigenvalue weighted by molar-refractivity contribution is 9.10. The van der Waals surface area contributed by atoms with Gasteiger partial charge in [-0.15, -0.1) is 0 Å². The van der Waals surface area contributed by atoms with Gasteiger partial charge in [0.1, 0.15) is 25.1 Å². The number of aliphatic hydroxyl groups is 1. The lowest BCUT2D eigenvalue weighted by molar-refractivity contribution is 0.169. The highest BCUT2D eigenvalue weighted by Gasteiger charge is 2.24. The van der Waals surface area contributed by atoms with E-state index in [1.54, 1.807) is 24.3 Å². The molecule has 0 saturated heterocycles. The molecule has 3 rings (SSSR count). The molecule has 110 valence electrons. The molecule has 0 aromatic heterocycles. The quantitative estimate of drug-likeness (QED) is 0.861. The molecule has 0 aliphatic carbocycles. The summed E-state index contributed by atoms with van der Waals surface area (Å²) in [5, 5.41) is 10.8. The average Bonchev–Trinajstić information content (AvgIpc) is 2.46. The second kappa shape index (κ2) is 5.83. The first kappa shape index (κ1) is 14.6. The topological polar surface area (TPSA) is 38.7 Å². The van der Waals surface area contributed by atoms with Crippen LogP contribution >= 0.6 is 27.5 Å². The molecule has 2 aromatic rings. The minimum Gasteiger partial charge on any atom is -0.486 e. The zero-order valence-corrected chi connectivity index (χ0v) is 13.1. The van der Waals surface area contributed by atoms with Gasteiger partial charge in [0, 0.05) is 21.7 Å². The second-order valence-electron chi connectivity index (χ2n) is 4.56. The van der Waals surface area contributed by atoms with E-state index in [1.165, 1.54) is 6.07 Å². The number of aliphatic hydroxyl groups excluding tert-OH is 1. The molecular weight excluding hydrogens is 363 g/mol. The monoisotopic (exact) mass is 372 g/mol. The zero-order chi connectivity index (χ0) is 15.0. The third-order valence-corrected chi connectivity index (χ3v) is 4.25. The Morgan fingerprint density at radius 1 is 1.19 bits per heavy atom. The van der Waals surface area contributed by atoms with Gasteiger partial charge in [-0.05, 0) is 18.2 Å². The first-order valence-corrected chi connectivity index (χ1v) is 7.46. The predicted octanol–water partition coefficient (Wildman–Crippen LogP) is 4.09. The van der Waals surface area contributed by atoms with Crippen LogP contribution in [-0.4, -0.2) is 18.3 Å². The molecule has 1 atom stereocenters. The Balaban J connectivity index is 2.07. The van der Waals surface area contributed by atoms with Gasteiger partial charge in [0.25, 0.3) is 0 Å². The molecule has 3 nitrogen and oxygen atoms in total. The summed E-state index contributed by atoms with van der Waals surface area (Å²) in [6, 6.07) is 7.66. The second-order valence-corrected chi connectivity index (χ2v) is 5.82. The van der Waals surface area contributed by atoms with E-state index in [4.69, 9.17) is 21.1 Å². The smallest absolute Gasteiger partial charge is 0.162 e. The van der Waals surface area contributed by atoms with Crippen molar-refractivity contribution in [2.75, 3.05) is 13.2 Å². The van der Waals surface area contributed by atoms with E-state index in [0.29, 0.717) is 39.8 Å². The SMILES string of the molecule is OC(c1cc2c(cc1Cl)OCCO2)c1c(F)cccc1Br. The minimum absolute atomic E-state index is 0.135. The van der Waals surface area contributed by atoms with Gasteiger partial charge >= 0.3 is 0 Å². The molecule has 1 heterocycles. The summed E-state index contributed by atoms with van der Waals surface area (Å²) in [5.74, 6) is 0.504. The fourth-order valence-corrected chi connectivity index (χ4v) is 3.03. The van der Waals surface area contributed by atoms with E-state index in [9.17, 15) is 9.50 Å². The number of halogens is 3. The Hall–Kier alpha value is -1.30. The van der Waals surface area contributed by atoms with Crippen LogP contribution in [0.3, 0.4) is 0 Å². The summed E-state index contributed by atoms with van der Waals surface area (Å²) >= 11 is 9.42. The standard InChI is InChI=1S/C15H11BrClFO3/c16-9-2-1-3-11(18)14(9)15(19)8-6-12-13(7-10(8)17)21-5-4-20-12/h1-3,6-7,15,19H,4-5H2. The molecule has 0 spiro atoms. The van der Waals surface area contributed by atoms with Gasteiger partial charge in [0.15, 0.2) is 11.5 Å². The normalized spacial score (nSPS) is 14.9. The Morgan fingerprint density at radius 3 is 2.52 bits per heavy atom. The lowest BCUT2D eigenvalue weighted by atomic mass is 10.0. The van der Waals surface area contributed by atoms with Crippen molar-refractivity contribution in [3.8, 4) is 11.5 Å². The van der Waals surface area contributed by atoms with Crippen molar-refractivity contribution in [3.63, 3.8) is 0 Å². The minimum atomic E-state index is -1.20. The van der Waals surface area contributed by atoms with Gasteiger partial charge in [-0.25, -0.2) is 4.39 Å².